The highest BCUT2D eigenvalue weighted by molar-refractivity contribution is 4.75. The van der Waals surface area contributed by atoms with Crippen molar-refractivity contribution >= 4 is 0 Å². The van der Waals surface area contributed by atoms with Crippen LogP contribution in [0.5, 0.6) is 0 Å². The summed E-state index contributed by atoms with van der Waals surface area (Å²) in [4.78, 5) is 5.10. The number of nitrogens with one attached hydrogen (secondary N) is 1. The number of aliphatic hydroxyl groups excluding tert-OH is 1. The highest BCUT2D eigenvalue weighted by Crippen LogP contribution is 2.06. The summed E-state index contributed by atoms with van der Waals surface area (Å²) in [6, 6.07) is 0.689. The van der Waals surface area contributed by atoms with E-state index in [2.05, 4.69) is 42.8 Å². The average molecular weight is 271 g/mol. The minimum Gasteiger partial charge on any atom is -0.395 e. The zero-order valence-corrected chi connectivity index (χ0v) is 13.2. The van der Waals surface area contributed by atoms with Crippen LogP contribution in [0.15, 0.2) is 0 Å². The first-order chi connectivity index (χ1) is 9.01. The van der Waals surface area contributed by atoms with Crippen LogP contribution in [0.25, 0.3) is 0 Å². The molecule has 0 saturated carbocycles. The molecule has 1 aliphatic heterocycles. The first kappa shape index (κ1) is 16.9. The molecule has 0 aliphatic carbocycles. The van der Waals surface area contributed by atoms with Crippen molar-refractivity contribution in [1.29, 1.82) is 0 Å². The maximum absolute atomic E-state index is 9.36. The fourth-order valence-electron chi connectivity index (χ4n) is 2.75. The van der Waals surface area contributed by atoms with Crippen LogP contribution in [0.4, 0.5) is 0 Å². The summed E-state index contributed by atoms with van der Waals surface area (Å²) < 4.78 is 0. The van der Waals surface area contributed by atoms with Crippen molar-refractivity contribution in [2.45, 2.75) is 46.2 Å². The summed E-state index contributed by atoms with van der Waals surface area (Å²) in [7, 11) is 0. The molecule has 0 aromatic rings. The number of piperazine rings is 1. The van der Waals surface area contributed by atoms with E-state index < -0.39 is 0 Å². The van der Waals surface area contributed by atoms with Gasteiger partial charge in [-0.2, -0.15) is 0 Å². The fraction of sp³-hybridized carbons (Fsp3) is 1.00. The molecule has 1 saturated heterocycles. The van der Waals surface area contributed by atoms with Gasteiger partial charge in [0.25, 0.3) is 0 Å². The normalized spacial score (nSPS) is 20.4. The lowest BCUT2D eigenvalue weighted by Gasteiger charge is -2.36. The third-order valence-electron chi connectivity index (χ3n) is 3.67. The van der Waals surface area contributed by atoms with Gasteiger partial charge in [-0.3, -0.25) is 0 Å². The van der Waals surface area contributed by atoms with Gasteiger partial charge in [-0.25, -0.2) is 0 Å². The van der Waals surface area contributed by atoms with E-state index >= 15 is 0 Å². The highest BCUT2D eigenvalue weighted by atomic mass is 16.3. The van der Waals surface area contributed by atoms with Crippen molar-refractivity contribution in [1.82, 2.24) is 15.1 Å². The van der Waals surface area contributed by atoms with Gasteiger partial charge < -0.3 is 20.2 Å². The molecule has 114 valence electrons. The first-order valence-electron chi connectivity index (χ1n) is 7.83. The molecule has 1 atom stereocenters. The summed E-state index contributed by atoms with van der Waals surface area (Å²) in [5, 5.41) is 12.8. The molecule has 0 radical (unpaired) electrons. The first-order valence-corrected chi connectivity index (χ1v) is 7.83. The van der Waals surface area contributed by atoms with Gasteiger partial charge in [-0.15, -0.1) is 0 Å². The van der Waals surface area contributed by atoms with Crippen LogP contribution in [0, 0.1) is 5.92 Å². The summed E-state index contributed by atoms with van der Waals surface area (Å²) >= 11 is 0. The molecule has 1 aliphatic rings. The topological polar surface area (TPSA) is 38.7 Å². The third-order valence-corrected chi connectivity index (χ3v) is 3.67. The van der Waals surface area contributed by atoms with Crippen LogP contribution in [-0.4, -0.2) is 72.9 Å². The number of nitrogens with zero attached hydrogens (tertiary/aromatic N) is 2. The summed E-state index contributed by atoms with van der Waals surface area (Å²) in [6.45, 7) is 16.1. The van der Waals surface area contributed by atoms with Gasteiger partial charge in [-0.1, -0.05) is 27.7 Å². The SMILES string of the molecule is CC(C)CN1CCN(CCC(CO)NC(C)C)CC1. The van der Waals surface area contributed by atoms with Gasteiger partial charge in [0, 0.05) is 44.8 Å². The van der Waals surface area contributed by atoms with Crippen LogP contribution in [-0.2, 0) is 0 Å². The predicted molar refractivity (Wildman–Crippen MR) is 81.5 cm³/mol. The lowest BCUT2D eigenvalue weighted by Crippen LogP contribution is -2.49. The van der Waals surface area contributed by atoms with E-state index in [0.29, 0.717) is 6.04 Å². The second-order valence-electron chi connectivity index (χ2n) is 6.53. The van der Waals surface area contributed by atoms with Gasteiger partial charge in [0.05, 0.1) is 6.61 Å². The molecule has 4 nitrogen and oxygen atoms in total. The van der Waals surface area contributed by atoms with E-state index in [1.165, 1.54) is 32.7 Å². The van der Waals surface area contributed by atoms with E-state index in [4.69, 9.17) is 0 Å². The van der Waals surface area contributed by atoms with Crippen molar-refractivity contribution < 1.29 is 5.11 Å². The molecule has 4 heteroatoms. The molecule has 0 spiro atoms. The minimum atomic E-state index is 0.242. The largest absolute Gasteiger partial charge is 0.395 e. The Balaban J connectivity index is 2.18. The van der Waals surface area contributed by atoms with Crippen molar-refractivity contribution in [3.05, 3.63) is 0 Å². The van der Waals surface area contributed by atoms with Gasteiger partial charge in [0.15, 0.2) is 0 Å². The summed E-state index contributed by atoms with van der Waals surface area (Å²) in [5.74, 6) is 0.764. The smallest absolute Gasteiger partial charge is 0.0585 e. The Morgan fingerprint density at radius 2 is 1.58 bits per heavy atom. The zero-order valence-electron chi connectivity index (χ0n) is 13.2. The lowest BCUT2D eigenvalue weighted by molar-refractivity contribution is 0.114. The van der Waals surface area contributed by atoms with Crippen molar-refractivity contribution in [2.75, 3.05) is 45.9 Å². The fourth-order valence-corrected chi connectivity index (χ4v) is 2.75. The Morgan fingerprint density at radius 3 is 2.05 bits per heavy atom. The summed E-state index contributed by atoms with van der Waals surface area (Å²) in [5.41, 5.74) is 0. The highest BCUT2D eigenvalue weighted by Gasteiger charge is 2.18. The molecule has 0 amide bonds. The van der Waals surface area contributed by atoms with Crippen molar-refractivity contribution in [3.8, 4) is 0 Å². The van der Waals surface area contributed by atoms with Gasteiger partial charge in [0.1, 0.15) is 0 Å². The zero-order chi connectivity index (χ0) is 14.3. The van der Waals surface area contributed by atoms with Crippen LogP contribution in [0.1, 0.15) is 34.1 Å². The van der Waals surface area contributed by atoms with Crippen molar-refractivity contribution in [2.24, 2.45) is 5.92 Å². The number of hydrogen-bond acceptors (Lipinski definition) is 4. The number of aliphatic hydroxyl groups is 1. The quantitative estimate of drug-likeness (QED) is 0.691. The van der Waals surface area contributed by atoms with E-state index in [0.717, 1.165) is 18.9 Å². The molecule has 1 unspecified atom stereocenters. The standard InChI is InChI=1S/C15H33N3O/c1-13(2)11-18-9-7-17(8-10-18)6-5-15(12-19)16-14(3)4/h13-16,19H,5-12H2,1-4H3. The van der Waals surface area contributed by atoms with Gasteiger partial charge in [-0.05, 0) is 18.9 Å². The van der Waals surface area contributed by atoms with Gasteiger partial charge in [0.2, 0.25) is 0 Å². The average Bonchev–Trinajstić information content (AvgIpc) is 2.35. The van der Waals surface area contributed by atoms with E-state index in [-0.39, 0.29) is 12.6 Å². The Hall–Kier alpha value is -0.160. The molecule has 1 fully saturated rings. The Bertz CT molecular complexity index is 225. The molecule has 0 aromatic carbocycles. The molecule has 0 aromatic heterocycles. The third kappa shape index (κ3) is 7.25. The van der Waals surface area contributed by atoms with Crippen LogP contribution < -0.4 is 5.32 Å². The molecule has 2 N–H and O–H groups in total. The number of hydrogen-bond donors (Lipinski definition) is 2. The maximum atomic E-state index is 9.36. The van der Waals surface area contributed by atoms with Crippen molar-refractivity contribution in [3.63, 3.8) is 0 Å². The van der Waals surface area contributed by atoms with E-state index in [1.54, 1.807) is 0 Å². The second-order valence-corrected chi connectivity index (χ2v) is 6.53. The Labute approximate surface area is 119 Å². The maximum Gasteiger partial charge on any atom is 0.0585 e. The molecule has 0 bridgehead atoms. The molecule has 1 rings (SSSR count). The Kier molecular flexibility index (Phi) is 7.91. The Morgan fingerprint density at radius 1 is 1.00 bits per heavy atom. The van der Waals surface area contributed by atoms with Crippen LogP contribution in [0.2, 0.25) is 0 Å². The molecule has 1 heterocycles. The second kappa shape index (κ2) is 8.90. The van der Waals surface area contributed by atoms with Crippen LogP contribution in [0.3, 0.4) is 0 Å². The summed E-state index contributed by atoms with van der Waals surface area (Å²) in [6.07, 6.45) is 1.04. The molecule has 19 heavy (non-hydrogen) atoms. The van der Waals surface area contributed by atoms with E-state index in [9.17, 15) is 5.11 Å². The lowest BCUT2D eigenvalue weighted by atomic mass is 10.1. The molecular formula is C15H33N3O. The monoisotopic (exact) mass is 271 g/mol. The molecular weight excluding hydrogens is 238 g/mol. The van der Waals surface area contributed by atoms with E-state index in [1.807, 2.05) is 0 Å². The van der Waals surface area contributed by atoms with Gasteiger partial charge >= 0.3 is 0 Å². The minimum absolute atomic E-state index is 0.242. The predicted octanol–water partition coefficient (Wildman–Crippen LogP) is 1.01. The van der Waals surface area contributed by atoms with Crippen LogP contribution >= 0.6 is 0 Å². The number of rotatable bonds is 8.